The zero-order valence-corrected chi connectivity index (χ0v) is 12.8. The Bertz CT molecular complexity index is 771. The van der Waals surface area contributed by atoms with Crippen molar-refractivity contribution in [1.29, 1.82) is 0 Å². The Labute approximate surface area is 127 Å². The maximum Gasteiger partial charge on any atom is 0.162 e. The summed E-state index contributed by atoms with van der Waals surface area (Å²) in [5, 5.41) is 0. The monoisotopic (exact) mass is 299 g/mol. The second-order valence-corrected chi connectivity index (χ2v) is 6.67. The molecular weight excluding hydrogens is 282 g/mol. The summed E-state index contributed by atoms with van der Waals surface area (Å²) >= 11 is 1.77. The number of imidazole rings is 1. The summed E-state index contributed by atoms with van der Waals surface area (Å²) in [4.78, 5) is 11.8. The molecular formula is C16H17N3OS. The van der Waals surface area contributed by atoms with Crippen molar-refractivity contribution in [3.05, 3.63) is 35.3 Å². The molecule has 0 bridgehead atoms. The lowest BCUT2D eigenvalue weighted by atomic mass is 10.2. The second kappa shape index (κ2) is 5.24. The van der Waals surface area contributed by atoms with E-state index in [1.54, 1.807) is 11.3 Å². The van der Waals surface area contributed by atoms with Crippen molar-refractivity contribution in [2.45, 2.75) is 32.4 Å². The molecule has 4 heterocycles. The SMILES string of the molecule is Cc1ccc(-c2nc3cccnc3n2C2CCCCO2)s1. The summed E-state index contributed by atoms with van der Waals surface area (Å²) in [7, 11) is 0. The first-order valence-electron chi connectivity index (χ1n) is 7.34. The van der Waals surface area contributed by atoms with Crippen LogP contribution in [0.3, 0.4) is 0 Å². The standard InChI is InChI=1S/C16H17N3OS/c1-11-7-8-13(21-11)16-18-12-5-4-9-17-15(12)19(16)14-6-2-3-10-20-14/h4-5,7-9,14H,2-3,6,10H2,1H3. The van der Waals surface area contributed by atoms with Crippen LogP contribution in [0.15, 0.2) is 30.5 Å². The van der Waals surface area contributed by atoms with Crippen molar-refractivity contribution in [3.63, 3.8) is 0 Å². The van der Waals surface area contributed by atoms with E-state index in [-0.39, 0.29) is 6.23 Å². The summed E-state index contributed by atoms with van der Waals surface area (Å²) in [6.07, 6.45) is 5.24. The van der Waals surface area contributed by atoms with Gasteiger partial charge in [0, 0.05) is 17.7 Å². The first-order chi connectivity index (χ1) is 10.3. The van der Waals surface area contributed by atoms with Gasteiger partial charge in [0.05, 0.1) is 4.88 Å². The van der Waals surface area contributed by atoms with Crippen LogP contribution < -0.4 is 0 Å². The van der Waals surface area contributed by atoms with Gasteiger partial charge in [-0.05, 0) is 50.5 Å². The molecule has 5 heteroatoms. The molecule has 1 aliphatic rings. The molecule has 0 N–H and O–H groups in total. The maximum absolute atomic E-state index is 5.99. The molecule has 0 radical (unpaired) electrons. The Balaban J connectivity index is 1.92. The fourth-order valence-electron chi connectivity index (χ4n) is 2.86. The van der Waals surface area contributed by atoms with Crippen LogP contribution in [0, 0.1) is 6.92 Å². The van der Waals surface area contributed by atoms with E-state index in [9.17, 15) is 0 Å². The van der Waals surface area contributed by atoms with Gasteiger partial charge in [-0.25, -0.2) is 9.97 Å². The van der Waals surface area contributed by atoms with Gasteiger partial charge >= 0.3 is 0 Å². The van der Waals surface area contributed by atoms with Crippen LogP contribution >= 0.6 is 11.3 Å². The van der Waals surface area contributed by atoms with Crippen LogP contribution in [-0.2, 0) is 4.74 Å². The molecule has 0 saturated carbocycles. The fourth-order valence-corrected chi connectivity index (χ4v) is 3.71. The van der Waals surface area contributed by atoms with Crippen LogP contribution in [-0.4, -0.2) is 21.1 Å². The molecule has 1 fully saturated rings. The fraction of sp³-hybridized carbons (Fsp3) is 0.375. The molecule has 3 aromatic rings. The van der Waals surface area contributed by atoms with Gasteiger partial charge in [-0.2, -0.15) is 0 Å². The number of fused-ring (bicyclic) bond motifs is 1. The lowest BCUT2D eigenvalue weighted by molar-refractivity contribution is -0.0287. The number of rotatable bonds is 2. The van der Waals surface area contributed by atoms with Crippen molar-refractivity contribution >= 4 is 22.5 Å². The molecule has 1 aliphatic heterocycles. The van der Waals surface area contributed by atoms with Gasteiger partial charge < -0.3 is 4.74 Å². The first-order valence-corrected chi connectivity index (χ1v) is 8.16. The van der Waals surface area contributed by atoms with E-state index in [4.69, 9.17) is 9.72 Å². The molecule has 0 spiro atoms. The van der Waals surface area contributed by atoms with E-state index in [0.29, 0.717) is 0 Å². The van der Waals surface area contributed by atoms with Gasteiger partial charge in [0.2, 0.25) is 0 Å². The molecule has 1 unspecified atom stereocenters. The third kappa shape index (κ3) is 2.26. The number of ether oxygens (including phenoxy) is 1. The number of hydrogen-bond donors (Lipinski definition) is 0. The maximum atomic E-state index is 5.99. The van der Waals surface area contributed by atoms with Crippen LogP contribution in [0.5, 0.6) is 0 Å². The number of pyridine rings is 1. The quantitative estimate of drug-likeness (QED) is 0.713. The molecule has 0 aliphatic carbocycles. The van der Waals surface area contributed by atoms with Gasteiger partial charge in [0.25, 0.3) is 0 Å². The lowest BCUT2D eigenvalue weighted by Gasteiger charge is -2.25. The minimum absolute atomic E-state index is 0.0519. The highest BCUT2D eigenvalue weighted by Crippen LogP contribution is 2.34. The van der Waals surface area contributed by atoms with Gasteiger partial charge in [0.1, 0.15) is 11.7 Å². The molecule has 4 rings (SSSR count). The Hall–Kier alpha value is -1.72. The average Bonchev–Trinajstić information content (AvgIpc) is 3.11. The summed E-state index contributed by atoms with van der Waals surface area (Å²) in [6.45, 7) is 2.94. The number of thiophene rings is 1. The Morgan fingerprint density at radius 3 is 3.00 bits per heavy atom. The summed E-state index contributed by atoms with van der Waals surface area (Å²) in [5.74, 6) is 0.980. The zero-order valence-electron chi connectivity index (χ0n) is 12.0. The van der Waals surface area contributed by atoms with Gasteiger partial charge in [-0.15, -0.1) is 11.3 Å². The Kier molecular flexibility index (Phi) is 3.24. The normalized spacial score (nSPS) is 19.2. The molecule has 4 nitrogen and oxygen atoms in total. The van der Waals surface area contributed by atoms with E-state index < -0.39 is 0 Å². The number of aryl methyl sites for hydroxylation is 1. The van der Waals surface area contributed by atoms with Gasteiger partial charge in [0.15, 0.2) is 11.5 Å². The predicted molar refractivity (Wildman–Crippen MR) is 84.4 cm³/mol. The summed E-state index contributed by atoms with van der Waals surface area (Å²) in [5.41, 5.74) is 1.86. The lowest BCUT2D eigenvalue weighted by Crippen LogP contribution is -2.19. The Morgan fingerprint density at radius 2 is 2.24 bits per heavy atom. The molecule has 0 amide bonds. The van der Waals surface area contributed by atoms with E-state index in [2.05, 4.69) is 28.6 Å². The van der Waals surface area contributed by atoms with Gasteiger partial charge in [-0.3, -0.25) is 4.57 Å². The molecule has 0 aromatic carbocycles. The van der Waals surface area contributed by atoms with E-state index in [1.807, 2.05) is 18.3 Å². The minimum Gasteiger partial charge on any atom is -0.358 e. The van der Waals surface area contributed by atoms with Crippen molar-refractivity contribution in [2.24, 2.45) is 0 Å². The minimum atomic E-state index is 0.0519. The average molecular weight is 299 g/mol. The van der Waals surface area contributed by atoms with Crippen LogP contribution in [0.25, 0.3) is 21.9 Å². The predicted octanol–water partition coefficient (Wildman–Crippen LogP) is 4.17. The third-order valence-corrected chi connectivity index (χ3v) is 4.85. The third-order valence-electron chi connectivity index (χ3n) is 3.85. The first kappa shape index (κ1) is 13.0. The number of nitrogens with zero attached hydrogens (tertiary/aromatic N) is 3. The zero-order chi connectivity index (χ0) is 14.2. The van der Waals surface area contributed by atoms with E-state index >= 15 is 0 Å². The number of aromatic nitrogens is 3. The van der Waals surface area contributed by atoms with E-state index in [1.165, 1.54) is 16.2 Å². The van der Waals surface area contributed by atoms with Crippen molar-refractivity contribution < 1.29 is 4.74 Å². The smallest absolute Gasteiger partial charge is 0.162 e. The highest BCUT2D eigenvalue weighted by molar-refractivity contribution is 7.15. The number of hydrogen-bond acceptors (Lipinski definition) is 4. The van der Waals surface area contributed by atoms with Crippen molar-refractivity contribution in [3.8, 4) is 10.7 Å². The largest absolute Gasteiger partial charge is 0.358 e. The van der Waals surface area contributed by atoms with Crippen LogP contribution in [0.4, 0.5) is 0 Å². The second-order valence-electron chi connectivity index (χ2n) is 5.38. The topological polar surface area (TPSA) is 39.9 Å². The van der Waals surface area contributed by atoms with E-state index in [0.717, 1.165) is 36.4 Å². The summed E-state index contributed by atoms with van der Waals surface area (Å²) < 4.78 is 8.17. The van der Waals surface area contributed by atoms with Gasteiger partial charge in [-0.1, -0.05) is 0 Å². The highest BCUT2D eigenvalue weighted by atomic mass is 32.1. The summed E-state index contributed by atoms with van der Waals surface area (Å²) in [6, 6.07) is 8.23. The van der Waals surface area contributed by atoms with Crippen LogP contribution in [0.1, 0.15) is 30.4 Å². The molecule has 3 aromatic heterocycles. The molecule has 1 saturated heterocycles. The van der Waals surface area contributed by atoms with Crippen LogP contribution in [0.2, 0.25) is 0 Å². The highest BCUT2D eigenvalue weighted by Gasteiger charge is 2.24. The molecule has 21 heavy (non-hydrogen) atoms. The Morgan fingerprint density at radius 1 is 1.29 bits per heavy atom. The molecule has 108 valence electrons. The van der Waals surface area contributed by atoms with Crippen molar-refractivity contribution in [2.75, 3.05) is 6.61 Å². The molecule has 1 atom stereocenters. The van der Waals surface area contributed by atoms with Crippen molar-refractivity contribution in [1.82, 2.24) is 14.5 Å².